The molecular formula is H2ClNNa2O4. The molecule has 0 fully saturated rings. The van der Waals surface area contributed by atoms with Crippen molar-refractivity contribution in [3.63, 3.8) is 0 Å². The van der Waals surface area contributed by atoms with Crippen LogP contribution in [0, 0.1) is 15.7 Å². The van der Waals surface area contributed by atoms with Crippen LogP contribution in [-0.4, -0.2) is 0 Å². The Morgan fingerprint density at radius 3 is 1.88 bits per heavy atom. The Morgan fingerprint density at radius 1 is 1.50 bits per heavy atom. The van der Waals surface area contributed by atoms with Gasteiger partial charge in [-0.15, -0.1) is 0 Å². The Balaban J connectivity index is -0.0000000208. The van der Waals surface area contributed by atoms with E-state index in [0.717, 1.165) is 0 Å². The molecule has 40 valence electrons. The monoisotopic (exact) mass is 161 g/mol. The minimum atomic E-state index is -2.51. The van der Waals surface area contributed by atoms with Crippen LogP contribution in [0.5, 0.6) is 0 Å². The van der Waals surface area contributed by atoms with Crippen LogP contribution in [0.4, 0.5) is 0 Å². The third-order valence-corrected chi connectivity index (χ3v) is 0.254. The summed E-state index contributed by atoms with van der Waals surface area (Å²) in [4.78, 5) is 8.74. The largest absolute Gasteiger partial charge is 1.00 e. The predicted octanol–water partition coefficient (Wildman–Crippen LogP) is -8.00. The van der Waals surface area contributed by atoms with Crippen molar-refractivity contribution in [3.05, 3.63) is 4.91 Å². The number of hydrogen-bond acceptors (Lipinski definition) is 5. The molecule has 0 aliphatic carbocycles. The first-order valence-corrected chi connectivity index (χ1v) is 1.75. The molecule has 0 atom stereocenters. The molecule has 0 spiro atoms. The normalized spacial score (nSPS) is 6.38. The summed E-state index contributed by atoms with van der Waals surface area (Å²) in [6.07, 6.45) is 0. The molecule has 0 saturated carbocycles. The van der Waals surface area contributed by atoms with Gasteiger partial charge in [-0.05, 0) is 0 Å². The SMILES string of the molecule is O=NO[Cl+2]([O-])[O-].[H-].[H-].[Na+].[Na+]. The molecule has 0 saturated heterocycles. The van der Waals surface area contributed by atoms with Gasteiger partial charge in [0.05, 0.1) is 4.39 Å². The van der Waals surface area contributed by atoms with Gasteiger partial charge in [0.25, 0.3) is 5.34 Å². The molecule has 0 amide bonds. The standard InChI is InChI=1S/ClNO4.2Na.2H/c3-1(4)6-2-5;;;;/q;2*+1;2*-1. The number of rotatable bonds is 2. The molecule has 0 bridgehead atoms. The van der Waals surface area contributed by atoms with Crippen LogP contribution in [0.15, 0.2) is 5.34 Å². The van der Waals surface area contributed by atoms with E-state index in [-0.39, 0.29) is 62.0 Å². The minimum absolute atomic E-state index is 0. The molecule has 8 heteroatoms. The Labute approximate surface area is 95.7 Å². The van der Waals surface area contributed by atoms with Crippen molar-refractivity contribution in [2.24, 2.45) is 5.34 Å². The summed E-state index contributed by atoms with van der Waals surface area (Å²) in [5.41, 5.74) is 0. The fourth-order valence-corrected chi connectivity index (χ4v) is 0.0690. The minimum Gasteiger partial charge on any atom is -1.00 e. The van der Waals surface area contributed by atoms with Gasteiger partial charge in [0.2, 0.25) is 0 Å². The maximum atomic E-state index is 9.05. The van der Waals surface area contributed by atoms with Gasteiger partial charge in [-0.2, -0.15) is 0 Å². The predicted molar refractivity (Wildman–Crippen MR) is 9.10 cm³/mol. The van der Waals surface area contributed by atoms with Gasteiger partial charge in [0.1, 0.15) is 0 Å². The van der Waals surface area contributed by atoms with Gasteiger partial charge in [-0.1, -0.05) is 4.91 Å². The smallest absolute Gasteiger partial charge is 1.00 e. The average molecular weight is 161 g/mol. The summed E-state index contributed by atoms with van der Waals surface area (Å²) in [6.45, 7) is 0. The summed E-state index contributed by atoms with van der Waals surface area (Å²) >= 11 is 0. The van der Waals surface area contributed by atoms with E-state index in [9.17, 15) is 0 Å². The van der Waals surface area contributed by atoms with Gasteiger partial charge < -0.3 is 12.2 Å². The Hall–Kier alpha value is 1.61. The molecule has 5 nitrogen and oxygen atoms in total. The first-order chi connectivity index (χ1) is 2.77. The summed E-state index contributed by atoms with van der Waals surface area (Å²) < 4.78 is 21.1. The summed E-state index contributed by atoms with van der Waals surface area (Å²) in [5, 5.41) is 1.56. The van der Waals surface area contributed by atoms with Crippen molar-refractivity contribution in [2.45, 2.75) is 0 Å². The van der Waals surface area contributed by atoms with Gasteiger partial charge in [-0.25, -0.2) is 0 Å². The van der Waals surface area contributed by atoms with E-state index in [1.165, 1.54) is 0 Å². The van der Waals surface area contributed by atoms with Crippen LogP contribution in [0.3, 0.4) is 0 Å². The van der Waals surface area contributed by atoms with Crippen molar-refractivity contribution in [1.29, 1.82) is 0 Å². The van der Waals surface area contributed by atoms with E-state index in [1.54, 1.807) is 5.34 Å². The van der Waals surface area contributed by atoms with Gasteiger partial charge in [-0.3, -0.25) is 0 Å². The zero-order chi connectivity index (χ0) is 4.99. The van der Waals surface area contributed by atoms with E-state index < -0.39 is 10.8 Å². The third kappa shape index (κ3) is 15.6. The first kappa shape index (κ1) is 16.3. The van der Waals surface area contributed by atoms with Crippen molar-refractivity contribution in [3.8, 4) is 0 Å². The Kier molecular flexibility index (Phi) is 23.3. The van der Waals surface area contributed by atoms with Crippen molar-refractivity contribution in [1.82, 2.24) is 0 Å². The van der Waals surface area contributed by atoms with Crippen molar-refractivity contribution >= 4 is 0 Å². The third-order valence-electron chi connectivity index (χ3n) is 0.0845. The molecule has 0 aliphatic rings. The van der Waals surface area contributed by atoms with Gasteiger partial charge in [0.15, 0.2) is 0 Å². The molecule has 0 unspecified atom stereocenters. The molecule has 8 heavy (non-hydrogen) atoms. The molecular weight excluding hydrogens is 159 g/mol. The van der Waals surface area contributed by atoms with E-state index in [0.29, 0.717) is 0 Å². The maximum Gasteiger partial charge on any atom is 1.00 e. The summed E-state index contributed by atoms with van der Waals surface area (Å²) in [5.74, 6) is 0. The van der Waals surface area contributed by atoms with Crippen molar-refractivity contribution < 1.29 is 86.5 Å². The van der Waals surface area contributed by atoms with Crippen LogP contribution < -0.4 is 68.4 Å². The fraction of sp³-hybridized carbons (Fsp3) is 0. The van der Waals surface area contributed by atoms with E-state index >= 15 is 0 Å². The Bertz CT molecular complexity index is 56.5. The zero-order valence-electron chi connectivity index (χ0n) is 6.46. The maximum absolute atomic E-state index is 9.05. The van der Waals surface area contributed by atoms with Crippen LogP contribution in [0.25, 0.3) is 0 Å². The van der Waals surface area contributed by atoms with E-state index in [4.69, 9.17) is 14.2 Å². The second-order valence-electron chi connectivity index (χ2n) is 0.333. The van der Waals surface area contributed by atoms with E-state index in [2.05, 4.69) is 4.39 Å². The number of halogens is 1. The molecule has 0 aromatic rings. The summed E-state index contributed by atoms with van der Waals surface area (Å²) in [6, 6.07) is 0. The number of hydrogen-bond donors (Lipinski definition) is 0. The molecule has 0 N–H and O–H groups in total. The zero-order valence-corrected chi connectivity index (χ0v) is 9.21. The molecule has 0 radical (unpaired) electrons. The van der Waals surface area contributed by atoms with Crippen LogP contribution in [0.1, 0.15) is 2.85 Å². The Morgan fingerprint density at radius 2 is 1.88 bits per heavy atom. The first-order valence-electron chi connectivity index (χ1n) is 0.828. The summed E-state index contributed by atoms with van der Waals surface area (Å²) in [7, 11) is -2.51. The molecule has 0 rings (SSSR count). The second-order valence-corrected chi connectivity index (χ2v) is 0.849. The van der Waals surface area contributed by atoms with Crippen LogP contribution in [0.2, 0.25) is 0 Å². The van der Waals surface area contributed by atoms with Crippen LogP contribution >= 0.6 is 0 Å². The van der Waals surface area contributed by atoms with Crippen molar-refractivity contribution in [2.75, 3.05) is 0 Å². The molecule has 0 aliphatic heterocycles. The second kappa shape index (κ2) is 11.4. The molecule has 0 aromatic carbocycles. The molecule has 0 heterocycles. The van der Waals surface area contributed by atoms with Gasteiger partial charge in [0, 0.05) is 0 Å². The topological polar surface area (TPSA) is 84.8 Å². The van der Waals surface area contributed by atoms with E-state index in [1.807, 2.05) is 0 Å². The van der Waals surface area contributed by atoms with Crippen LogP contribution in [-0.2, 0) is 4.39 Å². The fourth-order valence-electron chi connectivity index (χ4n) is 0.0230. The number of nitrogens with zero attached hydrogens (tertiary/aromatic N) is 1. The average Bonchev–Trinajstić information content (AvgIpc) is 1.35. The van der Waals surface area contributed by atoms with Gasteiger partial charge >= 0.3 is 69.9 Å². The molecule has 0 aromatic heterocycles. The quantitative estimate of drug-likeness (QED) is 0.229.